The zero-order chi connectivity index (χ0) is 21.9. The first-order valence-corrected chi connectivity index (χ1v) is 12.2. The second-order valence-electron chi connectivity index (χ2n) is 7.83. The van der Waals surface area contributed by atoms with E-state index in [0.717, 1.165) is 46.7 Å². The van der Waals surface area contributed by atoms with E-state index in [4.69, 9.17) is 16.6 Å². The van der Waals surface area contributed by atoms with Crippen molar-refractivity contribution >= 4 is 40.3 Å². The summed E-state index contributed by atoms with van der Waals surface area (Å²) in [6.45, 7) is 2.51. The van der Waals surface area contributed by atoms with Crippen LogP contribution in [0.2, 0.25) is 5.02 Å². The van der Waals surface area contributed by atoms with Crippen LogP contribution in [0.15, 0.2) is 53.7 Å². The molecule has 0 unspecified atom stereocenters. The molecule has 2 aromatic carbocycles. The minimum atomic E-state index is 0.0367. The Balaban J connectivity index is 1.48. The van der Waals surface area contributed by atoms with E-state index in [0.29, 0.717) is 17.3 Å². The van der Waals surface area contributed by atoms with Crippen molar-refractivity contribution in [3.63, 3.8) is 0 Å². The van der Waals surface area contributed by atoms with Gasteiger partial charge in [0.1, 0.15) is 5.82 Å². The van der Waals surface area contributed by atoms with E-state index in [2.05, 4.69) is 31.8 Å². The molecule has 9 heteroatoms. The van der Waals surface area contributed by atoms with Gasteiger partial charge >= 0.3 is 0 Å². The van der Waals surface area contributed by atoms with Crippen LogP contribution in [0.5, 0.6) is 0 Å². The summed E-state index contributed by atoms with van der Waals surface area (Å²) in [5, 5.41) is 20.2. The second kappa shape index (κ2) is 9.52. The van der Waals surface area contributed by atoms with Crippen molar-refractivity contribution in [1.82, 2.24) is 24.3 Å². The maximum atomic E-state index is 9.60. The molecule has 1 N–H and O–H groups in total. The van der Waals surface area contributed by atoms with Gasteiger partial charge in [0, 0.05) is 24.7 Å². The molecule has 3 heterocycles. The van der Waals surface area contributed by atoms with Crippen LogP contribution in [0.3, 0.4) is 0 Å². The first-order chi connectivity index (χ1) is 15.7. The van der Waals surface area contributed by atoms with Crippen LogP contribution in [-0.2, 0) is 12.3 Å². The number of benzene rings is 2. The molecule has 1 saturated heterocycles. The monoisotopic (exact) mass is 468 g/mol. The summed E-state index contributed by atoms with van der Waals surface area (Å²) in [6, 6.07) is 15.9. The summed E-state index contributed by atoms with van der Waals surface area (Å²) in [5.41, 5.74) is 2.86. The molecule has 0 atom stereocenters. The van der Waals surface area contributed by atoms with Crippen molar-refractivity contribution in [2.45, 2.75) is 36.7 Å². The van der Waals surface area contributed by atoms with Crippen molar-refractivity contribution in [2.75, 3.05) is 24.6 Å². The highest BCUT2D eigenvalue weighted by atomic mass is 35.5. The summed E-state index contributed by atoms with van der Waals surface area (Å²) < 4.78 is 4.18. The lowest BCUT2D eigenvalue weighted by molar-refractivity contribution is 0.276. The van der Waals surface area contributed by atoms with Gasteiger partial charge in [0.25, 0.3) is 0 Å². The molecule has 0 amide bonds. The highest BCUT2D eigenvalue weighted by Crippen LogP contribution is 2.31. The number of imidazole rings is 1. The van der Waals surface area contributed by atoms with Crippen LogP contribution >= 0.6 is 23.4 Å². The van der Waals surface area contributed by atoms with E-state index >= 15 is 0 Å². The Morgan fingerprint density at radius 1 is 1.00 bits per heavy atom. The molecule has 1 aliphatic heterocycles. The Hall–Kier alpha value is -2.55. The fraction of sp³-hybridized carbons (Fsp3) is 0.348. The minimum Gasteiger partial charge on any atom is -0.395 e. The van der Waals surface area contributed by atoms with Crippen LogP contribution < -0.4 is 4.90 Å². The molecule has 1 aliphatic rings. The molecule has 2 aromatic heterocycles. The summed E-state index contributed by atoms with van der Waals surface area (Å²) >= 11 is 7.81. The number of halogens is 1. The van der Waals surface area contributed by atoms with Gasteiger partial charge < -0.3 is 14.6 Å². The number of aromatic nitrogens is 5. The van der Waals surface area contributed by atoms with Gasteiger partial charge in [0.2, 0.25) is 5.95 Å². The number of hydrogen-bond donors (Lipinski definition) is 1. The van der Waals surface area contributed by atoms with Crippen molar-refractivity contribution in [1.29, 1.82) is 0 Å². The van der Waals surface area contributed by atoms with Gasteiger partial charge in [-0.2, -0.15) is 0 Å². The lowest BCUT2D eigenvalue weighted by Crippen LogP contribution is -2.31. The molecular formula is C23H25ClN6OS. The quantitative estimate of drug-likeness (QED) is 0.401. The average molecular weight is 469 g/mol. The largest absolute Gasteiger partial charge is 0.395 e. The number of thioether (sulfide) groups is 1. The van der Waals surface area contributed by atoms with E-state index in [9.17, 15) is 5.11 Å². The zero-order valence-corrected chi connectivity index (χ0v) is 19.3. The maximum absolute atomic E-state index is 9.60. The summed E-state index contributed by atoms with van der Waals surface area (Å²) in [7, 11) is 0. The molecule has 0 spiro atoms. The van der Waals surface area contributed by atoms with Crippen molar-refractivity contribution in [3.05, 3.63) is 59.4 Å². The Bertz CT molecular complexity index is 1200. The first kappa shape index (κ1) is 21.3. The average Bonchev–Trinajstić information content (AvgIpc) is 3.40. The van der Waals surface area contributed by atoms with Gasteiger partial charge in [0.05, 0.1) is 29.1 Å². The Kier molecular flexibility index (Phi) is 6.34. The van der Waals surface area contributed by atoms with Gasteiger partial charge in [-0.1, -0.05) is 41.6 Å². The first-order valence-electron chi connectivity index (χ1n) is 10.9. The Morgan fingerprint density at radius 2 is 1.81 bits per heavy atom. The Labute approximate surface area is 196 Å². The van der Waals surface area contributed by atoms with Crippen molar-refractivity contribution < 1.29 is 5.11 Å². The normalized spacial score (nSPS) is 14.4. The van der Waals surface area contributed by atoms with Crippen molar-refractivity contribution in [3.8, 4) is 5.69 Å². The number of rotatable bonds is 7. The summed E-state index contributed by atoms with van der Waals surface area (Å²) in [6.07, 6.45) is 3.62. The van der Waals surface area contributed by atoms with Gasteiger partial charge in [-0.3, -0.25) is 4.57 Å². The number of para-hydroxylation sites is 1. The molecule has 7 nitrogen and oxygen atoms in total. The van der Waals surface area contributed by atoms with Gasteiger partial charge in [-0.05, 0) is 49.6 Å². The third-order valence-corrected chi connectivity index (χ3v) is 6.87. The number of aliphatic hydroxyl groups is 1. The predicted molar refractivity (Wildman–Crippen MR) is 129 cm³/mol. The summed E-state index contributed by atoms with van der Waals surface area (Å²) in [4.78, 5) is 7.12. The number of fused-ring (bicyclic) bond motifs is 1. The fourth-order valence-electron chi connectivity index (χ4n) is 4.19. The zero-order valence-electron chi connectivity index (χ0n) is 17.7. The molecule has 32 heavy (non-hydrogen) atoms. The van der Waals surface area contributed by atoms with Crippen LogP contribution in [0, 0.1) is 0 Å². The van der Waals surface area contributed by atoms with Gasteiger partial charge in [0.15, 0.2) is 5.16 Å². The molecular weight excluding hydrogens is 444 g/mol. The van der Waals surface area contributed by atoms with E-state index in [1.54, 1.807) is 11.8 Å². The van der Waals surface area contributed by atoms with Crippen LogP contribution in [0.1, 0.15) is 25.1 Å². The number of anilines is 1. The molecule has 0 radical (unpaired) electrons. The van der Waals surface area contributed by atoms with Crippen molar-refractivity contribution in [2.24, 2.45) is 0 Å². The topological polar surface area (TPSA) is 72.0 Å². The number of piperidine rings is 1. The maximum Gasteiger partial charge on any atom is 0.232 e. The van der Waals surface area contributed by atoms with E-state index in [1.165, 1.54) is 19.3 Å². The molecule has 4 aromatic rings. The number of aliphatic hydroxyl groups excluding tert-OH is 1. The highest BCUT2D eigenvalue weighted by Gasteiger charge is 2.22. The SMILES string of the molecule is OCCn1c(CSc2nnc(N3CCCCC3)n2-c2ccccc2)nc2ccc(Cl)cc21. The lowest BCUT2D eigenvalue weighted by Gasteiger charge is -2.27. The van der Waals surface area contributed by atoms with Gasteiger partial charge in [-0.25, -0.2) is 4.98 Å². The lowest BCUT2D eigenvalue weighted by atomic mass is 10.1. The van der Waals surface area contributed by atoms with E-state index in [1.807, 2.05) is 41.0 Å². The molecule has 0 bridgehead atoms. The van der Waals surface area contributed by atoms with Crippen LogP contribution in [0.25, 0.3) is 16.7 Å². The van der Waals surface area contributed by atoms with E-state index in [-0.39, 0.29) is 6.61 Å². The van der Waals surface area contributed by atoms with Gasteiger partial charge in [-0.15, -0.1) is 10.2 Å². The smallest absolute Gasteiger partial charge is 0.232 e. The molecule has 0 saturated carbocycles. The molecule has 5 rings (SSSR count). The van der Waals surface area contributed by atoms with Crippen LogP contribution in [0.4, 0.5) is 5.95 Å². The molecule has 1 fully saturated rings. The third-order valence-electron chi connectivity index (χ3n) is 5.71. The fourth-order valence-corrected chi connectivity index (χ4v) is 5.25. The number of nitrogens with zero attached hydrogens (tertiary/aromatic N) is 6. The molecule has 0 aliphatic carbocycles. The minimum absolute atomic E-state index is 0.0367. The Morgan fingerprint density at radius 3 is 2.59 bits per heavy atom. The third kappa shape index (κ3) is 4.22. The highest BCUT2D eigenvalue weighted by molar-refractivity contribution is 7.98. The van der Waals surface area contributed by atoms with Crippen LogP contribution in [-0.4, -0.2) is 49.1 Å². The standard InChI is InChI=1S/C23H25ClN6OS/c24-17-9-10-19-20(15-17)29(13-14-31)21(25-19)16-32-23-27-26-22(28-11-5-2-6-12-28)30(23)18-7-3-1-4-8-18/h1,3-4,7-10,15,31H,2,5-6,11-14,16H2. The predicted octanol–water partition coefficient (Wildman–Crippen LogP) is 4.55. The molecule has 166 valence electrons. The summed E-state index contributed by atoms with van der Waals surface area (Å²) in [5.74, 6) is 2.38. The van der Waals surface area contributed by atoms with E-state index < -0.39 is 0 Å². The number of hydrogen-bond acceptors (Lipinski definition) is 6. The second-order valence-corrected chi connectivity index (χ2v) is 9.21.